The summed E-state index contributed by atoms with van der Waals surface area (Å²) in [4.78, 5) is 11.4. The Morgan fingerprint density at radius 3 is 2.80 bits per heavy atom. The molecule has 5 heteroatoms. The van der Waals surface area contributed by atoms with Crippen LogP contribution in [0.4, 0.5) is 0 Å². The van der Waals surface area contributed by atoms with Crippen molar-refractivity contribution in [3.63, 3.8) is 0 Å². The second-order valence-corrected chi connectivity index (χ2v) is 5.29. The van der Waals surface area contributed by atoms with Gasteiger partial charge in [-0.25, -0.2) is 4.79 Å². The SMILES string of the molecule is CCCCOCCNCc1ccc(C(=O)OC)cc1Br. The van der Waals surface area contributed by atoms with Gasteiger partial charge in [-0.3, -0.25) is 0 Å². The van der Waals surface area contributed by atoms with Crippen molar-refractivity contribution in [2.75, 3.05) is 26.9 Å². The molecule has 0 unspecified atom stereocenters. The summed E-state index contributed by atoms with van der Waals surface area (Å²) in [6.07, 6.45) is 2.27. The quantitative estimate of drug-likeness (QED) is 0.552. The lowest BCUT2D eigenvalue weighted by Crippen LogP contribution is -2.19. The Balaban J connectivity index is 2.32. The molecule has 1 N–H and O–H groups in total. The minimum Gasteiger partial charge on any atom is -0.465 e. The van der Waals surface area contributed by atoms with Gasteiger partial charge >= 0.3 is 5.97 Å². The third-order valence-electron chi connectivity index (χ3n) is 2.86. The molecule has 0 aliphatic heterocycles. The van der Waals surface area contributed by atoms with Gasteiger partial charge in [0, 0.05) is 24.2 Å². The van der Waals surface area contributed by atoms with Crippen LogP contribution >= 0.6 is 15.9 Å². The summed E-state index contributed by atoms with van der Waals surface area (Å²) in [5.74, 6) is -0.325. The molecule has 0 aromatic heterocycles. The van der Waals surface area contributed by atoms with E-state index in [1.165, 1.54) is 7.11 Å². The summed E-state index contributed by atoms with van der Waals surface area (Å²) < 4.78 is 11.1. The van der Waals surface area contributed by atoms with Gasteiger partial charge in [0.2, 0.25) is 0 Å². The first-order valence-corrected chi connectivity index (χ1v) is 7.63. The highest BCUT2D eigenvalue weighted by atomic mass is 79.9. The smallest absolute Gasteiger partial charge is 0.337 e. The first-order chi connectivity index (χ1) is 9.69. The molecule has 20 heavy (non-hydrogen) atoms. The molecule has 1 rings (SSSR count). The van der Waals surface area contributed by atoms with Crippen LogP contribution in [0.3, 0.4) is 0 Å². The standard InChI is InChI=1S/C15H22BrNO3/c1-3-4-8-20-9-7-17-11-13-6-5-12(10-14(13)16)15(18)19-2/h5-6,10,17H,3-4,7-9,11H2,1-2H3. The van der Waals surface area contributed by atoms with Crippen molar-refractivity contribution in [1.29, 1.82) is 0 Å². The minimum atomic E-state index is -0.325. The molecule has 1 aromatic carbocycles. The Morgan fingerprint density at radius 2 is 2.15 bits per heavy atom. The van der Waals surface area contributed by atoms with Crippen LogP contribution in [-0.4, -0.2) is 32.8 Å². The fourth-order valence-electron chi connectivity index (χ4n) is 1.65. The molecule has 0 amide bonds. The number of ether oxygens (including phenoxy) is 2. The zero-order chi connectivity index (χ0) is 14.8. The fourth-order valence-corrected chi connectivity index (χ4v) is 2.17. The Hall–Kier alpha value is -0.910. The number of esters is 1. The molecule has 0 saturated carbocycles. The number of hydrogen-bond donors (Lipinski definition) is 1. The van der Waals surface area contributed by atoms with Crippen molar-refractivity contribution in [2.45, 2.75) is 26.3 Å². The van der Waals surface area contributed by atoms with Crippen molar-refractivity contribution in [3.05, 3.63) is 33.8 Å². The van der Waals surface area contributed by atoms with Gasteiger partial charge in [-0.2, -0.15) is 0 Å². The second-order valence-electron chi connectivity index (χ2n) is 4.44. The molecule has 112 valence electrons. The number of carbonyl (C=O) groups excluding carboxylic acids is 1. The zero-order valence-electron chi connectivity index (χ0n) is 12.1. The average Bonchev–Trinajstić information content (AvgIpc) is 2.46. The van der Waals surface area contributed by atoms with E-state index >= 15 is 0 Å². The van der Waals surface area contributed by atoms with Crippen LogP contribution in [0, 0.1) is 0 Å². The maximum absolute atomic E-state index is 11.4. The summed E-state index contributed by atoms with van der Waals surface area (Å²) >= 11 is 3.47. The highest BCUT2D eigenvalue weighted by molar-refractivity contribution is 9.10. The van der Waals surface area contributed by atoms with E-state index < -0.39 is 0 Å². The second kappa shape index (κ2) is 9.91. The molecule has 0 bridgehead atoms. The monoisotopic (exact) mass is 343 g/mol. The van der Waals surface area contributed by atoms with E-state index in [0.717, 1.165) is 49.2 Å². The van der Waals surface area contributed by atoms with Crippen molar-refractivity contribution >= 4 is 21.9 Å². The highest BCUT2D eigenvalue weighted by Crippen LogP contribution is 2.19. The predicted octanol–water partition coefficient (Wildman–Crippen LogP) is 3.14. The lowest BCUT2D eigenvalue weighted by Gasteiger charge is -2.09. The van der Waals surface area contributed by atoms with Gasteiger partial charge in [0.05, 0.1) is 19.3 Å². The van der Waals surface area contributed by atoms with Gasteiger partial charge in [-0.15, -0.1) is 0 Å². The van der Waals surface area contributed by atoms with E-state index in [1.807, 2.05) is 6.07 Å². The minimum absolute atomic E-state index is 0.325. The number of nitrogens with one attached hydrogen (secondary N) is 1. The number of unbranched alkanes of at least 4 members (excludes halogenated alkanes) is 1. The summed E-state index contributed by atoms with van der Waals surface area (Å²) in [5, 5.41) is 3.31. The zero-order valence-corrected chi connectivity index (χ0v) is 13.7. The normalized spacial score (nSPS) is 10.6. The van der Waals surface area contributed by atoms with Crippen molar-refractivity contribution in [2.24, 2.45) is 0 Å². The van der Waals surface area contributed by atoms with E-state index in [-0.39, 0.29) is 5.97 Å². The lowest BCUT2D eigenvalue weighted by molar-refractivity contribution is 0.0600. The summed E-state index contributed by atoms with van der Waals surface area (Å²) in [5.41, 5.74) is 1.65. The number of carbonyl (C=O) groups is 1. The Labute approximate surface area is 129 Å². The number of rotatable bonds is 9. The van der Waals surface area contributed by atoms with Crippen LogP contribution in [0.25, 0.3) is 0 Å². The molecule has 0 atom stereocenters. The van der Waals surface area contributed by atoms with E-state index in [9.17, 15) is 4.79 Å². The van der Waals surface area contributed by atoms with Gasteiger partial charge in [-0.05, 0) is 24.1 Å². The molecule has 0 saturated heterocycles. The molecule has 4 nitrogen and oxygen atoms in total. The van der Waals surface area contributed by atoms with Crippen molar-refractivity contribution in [1.82, 2.24) is 5.32 Å². The van der Waals surface area contributed by atoms with Gasteiger partial charge < -0.3 is 14.8 Å². The largest absolute Gasteiger partial charge is 0.465 e. The van der Waals surface area contributed by atoms with Gasteiger partial charge in [-0.1, -0.05) is 35.3 Å². The molecule has 1 aromatic rings. The summed E-state index contributed by atoms with van der Waals surface area (Å²) in [7, 11) is 1.38. The fraction of sp³-hybridized carbons (Fsp3) is 0.533. The molecule has 0 heterocycles. The number of methoxy groups -OCH3 is 1. The molecule has 0 fully saturated rings. The Morgan fingerprint density at radius 1 is 1.35 bits per heavy atom. The molecular weight excluding hydrogens is 322 g/mol. The molecule has 0 aliphatic carbocycles. The molecule has 0 aliphatic rings. The van der Waals surface area contributed by atoms with Gasteiger partial charge in [0.1, 0.15) is 0 Å². The summed E-state index contributed by atoms with van der Waals surface area (Å²) in [6, 6.07) is 5.47. The van der Waals surface area contributed by atoms with Crippen molar-refractivity contribution in [3.8, 4) is 0 Å². The van der Waals surface area contributed by atoms with E-state index in [1.54, 1.807) is 12.1 Å². The molecule has 0 radical (unpaired) electrons. The number of benzene rings is 1. The van der Waals surface area contributed by atoms with E-state index in [4.69, 9.17) is 4.74 Å². The Kier molecular flexibility index (Phi) is 8.49. The first kappa shape index (κ1) is 17.1. The van der Waals surface area contributed by atoms with E-state index in [2.05, 4.69) is 32.9 Å². The Bertz CT molecular complexity index is 424. The molecule has 0 spiro atoms. The first-order valence-electron chi connectivity index (χ1n) is 6.84. The average molecular weight is 344 g/mol. The van der Waals surface area contributed by atoms with Crippen LogP contribution in [-0.2, 0) is 16.0 Å². The summed E-state index contributed by atoms with van der Waals surface area (Å²) in [6.45, 7) is 5.25. The third kappa shape index (κ3) is 6.03. The maximum atomic E-state index is 11.4. The van der Waals surface area contributed by atoms with Crippen LogP contribution in [0.15, 0.2) is 22.7 Å². The molecular formula is C15H22BrNO3. The van der Waals surface area contributed by atoms with Crippen LogP contribution in [0.2, 0.25) is 0 Å². The predicted molar refractivity (Wildman–Crippen MR) is 82.9 cm³/mol. The van der Waals surface area contributed by atoms with Crippen LogP contribution in [0.1, 0.15) is 35.7 Å². The third-order valence-corrected chi connectivity index (χ3v) is 3.59. The van der Waals surface area contributed by atoms with Crippen LogP contribution < -0.4 is 5.32 Å². The number of hydrogen-bond acceptors (Lipinski definition) is 4. The maximum Gasteiger partial charge on any atom is 0.337 e. The highest BCUT2D eigenvalue weighted by Gasteiger charge is 2.08. The topological polar surface area (TPSA) is 47.6 Å². The van der Waals surface area contributed by atoms with Gasteiger partial charge in [0.25, 0.3) is 0 Å². The van der Waals surface area contributed by atoms with Crippen molar-refractivity contribution < 1.29 is 14.3 Å². The van der Waals surface area contributed by atoms with Crippen LogP contribution in [0.5, 0.6) is 0 Å². The number of halogens is 1. The lowest BCUT2D eigenvalue weighted by atomic mass is 10.1. The van der Waals surface area contributed by atoms with Gasteiger partial charge in [0.15, 0.2) is 0 Å². The van der Waals surface area contributed by atoms with E-state index in [0.29, 0.717) is 5.56 Å².